The van der Waals surface area contributed by atoms with Gasteiger partial charge in [-0.15, -0.1) is 0 Å². The van der Waals surface area contributed by atoms with Gasteiger partial charge in [0.05, 0.1) is 11.9 Å². The van der Waals surface area contributed by atoms with Gasteiger partial charge in [-0.1, -0.05) is 6.92 Å². The Hall–Kier alpha value is -1.52. The average Bonchev–Trinajstić information content (AvgIpc) is 2.56. The van der Waals surface area contributed by atoms with Gasteiger partial charge in [0.25, 0.3) is 0 Å². The molecule has 1 aliphatic heterocycles. The summed E-state index contributed by atoms with van der Waals surface area (Å²) in [4.78, 5) is 14.0. The Bertz CT molecular complexity index is 388. The van der Waals surface area contributed by atoms with Gasteiger partial charge in [-0.3, -0.25) is 9.48 Å². The molecule has 94 valence electrons. The summed E-state index contributed by atoms with van der Waals surface area (Å²) in [6, 6.07) is 0. The molecule has 0 saturated carbocycles. The molecule has 1 saturated heterocycles. The van der Waals surface area contributed by atoms with E-state index in [1.807, 2.05) is 4.90 Å². The molecule has 2 N–H and O–H groups in total. The zero-order valence-corrected chi connectivity index (χ0v) is 10.3. The molecule has 0 aliphatic carbocycles. The molecule has 0 aromatic carbocycles. The number of aromatic nitrogens is 2. The Balaban J connectivity index is 1.91. The molecule has 1 aromatic rings. The number of carbonyl (C=O) groups is 1. The van der Waals surface area contributed by atoms with E-state index in [2.05, 4.69) is 12.0 Å². The molecule has 2 rings (SSSR count). The van der Waals surface area contributed by atoms with Crippen LogP contribution in [0, 0.1) is 5.92 Å². The number of nitrogens with zero attached hydrogens (tertiary/aromatic N) is 3. The maximum absolute atomic E-state index is 12.1. The van der Waals surface area contributed by atoms with Crippen LogP contribution in [-0.4, -0.2) is 33.7 Å². The van der Waals surface area contributed by atoms with Gasteiger partial charge in [-0.2, -0.15) is 5.10 Å². The SMILES string of the molecule is CC1CCCN(C(=O)Cn2cc(N)cn2)CC1. The van der Waals surface area contributed by atoms with Crippen LogP contribution in [0.2, 0.25) is 0 Å². The van der Waals surface area contributed by atoms with Gasteiger partial charge in [0.15, 0.2) is 0 Å². The van der Waals surface area contributed by atoms with Crippen molar-refractivity contribution < 1.29 is 4.79 Å². The minimum absolute atomic E-state index is 0.141. The van der Waals surface area contributed by atoms with Gasteiger partial charge >= 0.3 is 0 Å². The smallest absolute Gasteiger partial charge is 0.244 e. The summed E-state index contributed by atoms with van der Waals surface area (Å²) in [7, 11) is 0. The van der Waals surface area contributed by atoms with Gasteiger partial charge in [0, 0.05) is 19.3 Å². The van der Waals surface area contributed by atoms with Crippen LogP contribution in [-0.2, 0) is 11.3 Å². The van der Waals surface area contributed by atoms with E-state index in [4.69, 9.17) is 5.73 Å². The lowest BCUT2D eigenvalue weighted by atomic mass is 10.0. The van der Waals surface area contributed by atoms with Crippen molar-refractivity contribution >= 4 is 11.6 Å². The average molecular weight is 236 g/mol. The molecule has 1 amide bonds. The largest absolute Gasteiger partial charge is 0.396 e. The van der Waals surface area contributed by atoms with E-state index >= 15 is 0 Å². The molecule has 0 spiro atoms. The number of hydrogen-bond acceptors (Lipinski definition) is 3. The van der Waals surface area contributed by atoms with E-state index in [0.717, 1.165) is 31.8 Å². The number of nitrogen functional groups attached to an aromatic ring is 1. The predicted octanol–water partition coefficient (Wildman–Crippen LogP) is 1.11. The standard InChI is InChI=1S/C12H20N4O/c1-10-3-2-5-15(6-4-10)12(17)9-16-8-11(13)7-14-16/h7-8,10H,2-6,9,13H2,1H3. The summed E-state index contributed by atoms with van der Waals surface area (Å²) in [6.07, 6.45) is 6.69. The van der Waals surface area contributed by atoms with E-state index in [0.29, 0.717) is 12.2 Å². The highest BCUT2D eigenvalue weighted by Gasteiger charge is 2.18. The highest BCUT2D eigenvalue weighted by molar-refractivity contribution is 5.76. The van der Waals surface area contributed by atoms with Crippen molar-refractivity contribution in [2.45, 2.75) is 32.7 Å². The van der Waals surface area contributed by atoms with Gasteiger partial charge in [0.1, 0.15) is 6.54 Å². The van der Waals surface area contributed by atoms with Crippen molar-refractivity contribution in [3.8, 4) is 0 Å². The zero-order chi connectivity index (χ0) is 12.3. The van der Waals surface area contributed by atoms with Gasteiger partial charge < -0.3 is 10.6 Å². The van der Waals surface area contributed by atoms with E-state index in [9.17, 15) is 4.79 Å². The Morgan fingerprint density at radius 3 is 3.06 bits per heavy atom. The number of carbonyl (C=O) groups excluding carboxylic acids is 1. The quantitative estimate of drug-likeness (QED) is 0.836. The summed E-state index contributed by atoms with van der Waals surface area (Å²) < 4.78 is 1.60. The summed E-state index contributed by atoms with van der Waals surface area (Å²) in [5, 5.41) is 4.03. The van der Waals surface area contributed by atoms with Crippen LogP contribution >= 0.6 is 0 Å². The number of hydrogen-bond donors (Lipinski definition) is 1. The number of amides is 1. The van der Waals surface area contributed by atoms with E-state index in [1.165, 1.54) is 6.42 Å². The van der Waals surface area contributed by atoms with Crippen molar-refractivity contribution in [3.05, 3.63) is 12.4 Å². The topological polar surface area (TPSA) is 64.2 Å². The molecule has 5 heteroatoms. The van der Waals surface area contributed by atoms with E-state index in [-0.39, 0.29) is 5.91 Å². The second kappa shape index (κ2) is 5.21. The number of anilines is 1. The predicted molar refractivity (Wildman–Crippen MR) is 66.2 cm³/mol. The molecule has 1 aromatic heterocycles. The lowest BCUT2D eigenvalue weighted by molar-refractivity contribution is -0.132. The molecular weight excluding hydrogens is 216 g/mol. The first-order valence-corrected chi connectivity index (χ1v) is 6.21. The first kappa shape index (κ1) is 12.0. The molecule has 0 bridgehead atoms. The third kappa shape index (κ3) is 3.22. The maximum Gasteiger partial charge on any atom is 0.244 e. The van der Waals surface area contributed by atoms with Gasteiger partial charge in [0.2, 0.25) is 5.91 Å². The zero-order valence-electron chi connectivity index (χ0n) is 10.3. The van der Waals surface area contributed by atoms with E-state index < -0.39 is 0 Å². The molecule has 5 nitrogen and oxygen atoms in total. The number of nitrogens with two attached hydrogens (primary N) is 1. The Kier molecular flexibility index (Phi) is 3.66. The summed E-state index contributed by atoms with van der Waals surface area (Å²) in [6.45, 7) is 4.30. The third-order valence-corrected chi connectivity index (χ3v) is 3.32. The molecule has 1 unspecified atom stereocenters. The van der Waals surface area contributed by atoms with Crippen LogP contribution in [0.5, 0.6) is 0 Å². The Labute approximate surface area is 102 Å². The molecular formula is C12H20N4O. The highest BCUT2D eigenvalue weighted by Crippen LogP contribution is 2.16. The molecule has 2 heterocycles. The van der Waals surface area contributed by atoms with Crippen molar-refractivity contribution in [1.29, 1.82) is 0 Å². The fourth-order valence-corrected chi connectivity index (χ4v) is 2.22. The number of likely N-dealkylation sites (tertiary alicyclic amines) is 1. The van der Waals surface area contributed by atoms with Crippen molar-refractivity contribution in [2.24, 2.45) is 5.92 Å². The molecule has 0 radical (unpaired) electrons. The Morgan fingerprint density at radius 2 is 2.35 bits per heavy atom. The maximum atomic E-state index is 12.1. The molecule has 17 heavy (non-hydrogen) atoms. The van der Waals surface area contributed by atoms with Crippen LogP contribution in [0.3, 0.4) is 0 Å². The van der Waals surface area contributed by atoms with Crippen LogP contribution in [0.25, 0.3) is 0 Å². The fourth-order valence-electron chi connectivity index (χ4n) is 2.22. The molecule has 1 fully saturated rings. The first-order chi connectivity index (χ1) is 8.15. The lowest BCUT2D eigenvalue weighted by Crippen LogP contribution is -2.34. The molecule has 1 aliphatic rings. The van der Waals surface area contributed by atoms with Crippen molar-refractivity contribution in [2.75, 3.05) is 18.8 Å². The minimum atomic E-state index is 0.141. The van der Waals surface area contributed by atoms with Crippen LogP contribution < -0.4 is 5.73 Å². The van der Waals surface area contributed by atoms with Crippen molar-refractivity contribution in [1.82, 2.24) is 14.7 Å². The van der Waals surface area contributed by atoms with Crippen LogP contribution in [0.1, 0.15) is 26.2 Å². The highest BCUT2D eigenvalue weighted by atomic mass is 16.2. The van der Waals surface area contributed by atoms with Gasteiger partial charge in [-0.05, 0) is 25.2 Å². The van der Waals surface area contributed by atoms with Crippen molar-refractivity contribution in [3.63, 3.8) is 0 Å². The lowest BCUT2D eigenvalue weighted by Gasteiger charge is -2.20. The number of rotatable bonds is 2. The summed E-state index contributed by atoms with van der Waals surface area (Å²) in [5.41, 5.74) is 6.17. The summed E-state index contributed by atoms with van der Waals surface area (Å²) >= 11 is 0. The monoisotopic (exact) mass is 236 g/mol. The Morgan fingerprint density at radius 1 is 1.53 bits per heavy atom. The van der Waals surface area contributed by atoms with E-state index in [1.54, 1.807) is 17.1 Å². The van der Waals surface area contributed by atoms with Crippen LogP contribution in [0.15, 0.2) is 12.4 Å². The second-order valence-corrected chi connectivity index (χ2v) is 4.89. The second-order valence-electron chi connectivity index (χ2n) is 4.89. The van der Waals surface area contributed by atoms with Crippen LogP contribution in [0.4, 0.5) is 5.69 Å². The van der Waals surface area contributed by atoms with Gasteiger partial charge in [-0.25, -0.2) is 0 Å². The summed E-state index contributed by atoms with van der Waals surface area (Å²) in [5.74, 6) is 0.871. The normalized spacial score (nSPS) is 21.2. The fraction of sp³-hybridized carbons (Fsp3) is 0.667. The minimum Gasteiger partial charge on any atom is -0.396 e. The molecule has 1 atom stereocenters. The third-order valence-electron chi connectivity index (χ3n) is 3.32. The first-order valence-electron chi connectivity index (χ1n) is 6.21.